The topological polar surface area (TPSA) is 60.3 Å². The van der Waals surface area contributed by atoms with Crippen LogP contribution in [0, 0.1) is 11.6 Å². The Morgan fingerprint density at radius 2 is 1.90 bits per heavy atom. The molecule has 1 aromatic heterocycles. The molecule has 3 rings (SSSR count). The van der Waals surface area contributed by atoms with Gasteiger partial charge in [-0.05, 0) is 36.4 Å². The third-order valence-corrected chi connectivity index (χ3v) is 5.42. The number of pyridine rings is 1. The Bertz CT molecular complexity index is 1120. The van der Waals surface area contributed by atoms with Gasteiger partial charge in [0.15, 0.2) is 5.75 Å². The maximum Gasteiger partial charge on any atom is 0.244 e. The van der Waals surface area contributed by atoms with E-state index in [-0.39, 0.29) is 23.4 Å². The number of halogens is 3. The first kappa shape index (κ1) is 21.9. The number of nitrogens with zero attached hydrogens (tertiary/aromatic N) is 1. The first-order valence-corrected chi connectivity index (χ1v) is 10.1. The van der Waals surface area contributed by atoms with E-state index in [0.717, 1.165) is 17.0 Å². The van der Waals surface area contributed by atoms with Crippen LogP contribution in [-0.4, -0.2) is 17.6 Å². The second-order valence-corrected chi connectivity index (χ2v) is 7.73. The highest BCUT2D eigenvalue weighted by Crippen LogP contribution is 2.24. The van der Waals surface area contributed by atoms with E-state index in [9.17, 15) is 18.4 Å². The lowest BCUT2D eigenvalue weighted by atomic mass is 10.3. The number of rotatable bonds is 7. The van der Waals surface area contributed by atoms with Gasteiger partial charge in [0.1, 0.15) is 18.2 Å². The van der Waals surface area contributed by atoms with E-state index in [1.54, 1.807) is 16.7 Å². The summed E-state index contributed by atoms with van der Waals surface area (Å²) in [6.07, 6.45) is 1.43. The molecule has 2 aromatic carbocycles. The zero-order valence-corrected chi connectivity index (χ0v) is 17.4. The van der Waals surface area contributed by atoms with Crippen molar-refractivity contribution in [3.63, 3.8) is 0 Å². The number of nitrogens with one attached hydrogen (secondary N) is 1. The van der Waals surface area contributed by atoms with Crippen molar-refractivity contribution in [2.75, 3.05) is 12.4 Å². The highest BCUT2D eigenvalue weighted by atomic mass is 35.5. The van der Waals surface area contributed by atoms with Crippen molar-refractivity contribution in [1.82, 2.24) is 4.57 Å². The molecule has 1 heterocycles. The van der Waals surface area contributed by atoms with Crippen molar-refractivity contribution in [2.24, 2.45) is 0 Å². The van der Waals surface area contributed by atoms with Crippen LogP contribution in [-0.2, 0) is 17.1 Å². The highest BCUT2D eigenvalue weighted by molar-refractivity contribution is 7.98. The quantitative estimate of drug-likeness (QED) is 0.529. The lowest BCUT2D eigenvalue weighted by Crippen LogP contribution is -2.23. The largest absolute Gasteiger partial charge is 0.491 e. The van der Waals surface area contributed by atoms with Crippen LogP contribution < -0.4 is 15.5 Å². The van der Waals surface area contributed by atoms with Gasteiger partial charge < -0.3 is 14.6 Å². The lowest BCUT2D eigenvalue weighted by molar-refractivity contribution is -0.116. The first-order chi connectivity index (χ1) is 14.4. The molecule has 1 N–H and O–H groups in total. The van der Waals surface area contributed by atoms with Crippen molar-refractivity contribution < 1.29 is 18.3 Å². The predicted molar refractivity (Wildman–Crippen MR) is 113 cm³/mol. The molecule has 0 saturated heterocycles. The number of hydrogen-bond acceptors (Lipinski definition) is 4. The van der Waals surface area contributed by atoms with E-state index in [1.807, 2.05) is 12.1 Å². The van der Waals surface area contributed by atoms with Crippen molar-refractivity contribution in [3.8, 4) is 5.75 Å². The summed E-state index contributed by atoms with van der Waals surface area (Å²) in [6.45, 7) is -0.191. The van der Waals surface area contributed by atoms with E-state index in [2.05, 4.69) is 5.32 Å². The Morgan fingerprint density at radius 1 is 1.17 bits per heavy atom. The van der Waals surface area contributed by atoms with Crippen molar-refractivity contribution in [1.29, 1.82) is 0 Å². The van der Waals surface area contributed by atoms with Crippen LogP contribution in [0.1, 0.15) is 5.69 Å². The molecular weight excluding hydrogens is 434 g/mol. The number of benzene rings is 2. The number of hydrogen-bond donors (Lipinski definition) is 1. The SMILES string of the molecule is COc1cn(CC(=O)Nc2ccc(F)cc2F)c(CSc2ccc(Cl)cc2)cc1=O. The molecule has 0 aliphatic carbocycles. The third-order valence-electron chi connectivity index (χ3n) is 4.12. The van der Waals surface area contributed by atoms with Crippen molar-refractivity contribution >= 4 is 35.0 Å². The summed E-state index contributed by atoms with van der Waals surface area (Å²) in [7, 11) is 1.36. The number of anilines is 1. The molecule has 0 saturated carbocycles. The van der Waals surface area contributed by atoms with E-state index >= 15 is 0 Å². The first-order valence-electron chi connectivity index (χ1n) is 8.76. The van der Waals surface area contributed by atoms with Gasteiger partial charge in [0.05, 0.1) is 19.0 Å². The molecule has 0 atom stereocenters. The summed E-state index contributed by atoms with van der Waals surface area (Å²) in [5, 5.41) is 3.02. The van der Waals surface area contributed by atoms with Crippen LogP contribution in [0.3, 0.4) is 0 Å². The summed E-state index contributed by atoms with van der Waals surface area (Å²) in [4.78, 5) is 25.6. The van der Waals surface area contributed by atoms with Crippen LogP contribution in [0.4, 0.5) is 14.5 Å². The summed E-state index contributed by atoms with van der Waals surface area (Å²) in [5.41, 5.74) is 0.132. The molecule has 9 heteroatoms. The van der Waals surface area contributed by atoms with Gasteiger partial charge in [0.25, 0.3) is 0 Å². The van der Waals surface area contributed by atoms with Crippen molar-refractivity contribution in [2.45, 2.75) is 17.2 Å². The monoisotopic (exact) mass is 450 g/mol. The maximum absolute atomic E-state index is 13.8. The minimum Gasteiger partial charge on any atom is -0.491 e. The molecule has 0 radical (unpaired) electrons. The summed E-state index contributed by atoms with van der Waals surface area (Å²) in [5.74, 6) is -1.67. The number of aromatic nitrogens is 1. The Labute approximate surface area is 180 Å². The Morgan fingerprint density at radius 3 is 2.57 bits per heavy atom. The fraction of sp³-hybridized carbons (Fsp3) is 0.143. The van der Waals surface area contributed by atoms with Gasteiger partial charge in [0.2, 0.25) is 11.3 Å². The van der Waals surface area contributed by atoms with Gasteiger partial charge in [-0.1, -0.05) is 11.6 Å². The molecule has 30 heavy (non-hydrogen) atoms. The molecule has 0 spiro atoms. The molecule has 5 nitrogen and oxygen atoms in total. The van der Waals surface area contributed by atoms with Gasteiger partial charge in [-0.25, -0.2) is 8.78 Å². The van der Waals surface area contributed by atoms with Crippen LogP contribution in [0.2, 0.25) is 5.02 Å². The summed E-state index contributed by atoms with van der Waals surface area (Å²) < 4.78 is 33.5. The fourth-order valence-electron chi connectivity index (χ4n) is 2.64. The Hall–Kier alpha value is -2.84. The minimum atomic E-state index is -0.876. The molecule has 0 fully saturated rings. The number of carbonyl (C=O) groups excluding carboxylic acids is 1. The van der Waals surface area contributed by atoms with Crippen LogP contribution >= 0.6 is 23.4 Å². The molecule has 1 amide bonds. The second-order valence-electron chi connectivity index (χ2n) is 6.24. The standard InChI is InChI=1S/C21H17ClF2N2O3S/c1-29-20-10-26(11-21(28)25-18-7-4-14(23)8-17(18)24)15(9-19(20)27)12-30-16-5-2-13(22)3-6-16/h2-10H,11-12H2,1H3,(H,25,28). The molecule has 0 unspecified atom stereocenters. The third kappa shape index (κ3) is 5.61. The average molecular weight is 451 g/mol. The normalized spacial score (nSPS) is 10.7. The van der Waals surface area contributed by atoms with Gasteiger partial charge >= 0.3 is 0 Å². The van der Waals surface area contributed by atoms with E-state index in [0.29, 0.717) is 22.5 Å². The lowest BCUT2D eigenvalue weighted by Gasteiger charge is -2.15. The van der Waals surface area contributed by atoms with E-state index in [4.69, 9.17) is 16.3 Å². The molecule has 0 aliphatic heterocycles. The van der Waals surface area contributed by atoms with E-state index in [1.165, 1.54) is 31.1 Å². The summed E-state index contributed by atoms with van der Waals surface area (Å²) >= 11 is 7.35. The average Bonchev–Trinajstić information content (AvgIpc) is 2.71. The maximum atomic E-state index is 13.8. The fourth-order valence-corrected chi connectivity index (χ4v) is 3.66. The highest BCUT2D eigenvalue weighted by Gasteiger charge is 2.13. The smallest absolute Gasteiger partial charge is 0.244 e. The zero-order chi connectivity index (χ0) is 21.7. The number of thioether (sulfide) groups is 1. The molecule has 0 bridgehead atoms. The second kappa shape index (κ2) is 9.77. The van der Waals surface area contributed by atoms with Gasteiger partial charge in [0, 0.05) is 33.5 Å². The van der Waals surface area contributed by atoms with Crippen LogP contribution in [0.15, 0.2) is 64.4 Å². The molecule has 0 aliphatic rings. The Kier molecular flexibility index (Phi) is 7.12. The number of carbonyl (C=O) groups is 1. The van der Waals surface area contributed by atoms with Crippen LogP contribution in [0.25, 0.3) is 0 Å². The Balaban J connectivity index is 1.79. The van der Waals surface area contributed by atoms with Gasteiger partial charge in [-0.15, -0.1) is 11.8 Å². The van der Waals surface area contributed by atoms with Crippen LogP contribution in [0.5, 0.6) is 5.75 Å². The summed E-state index contributed by atoms with van der Waals surface area (Å²) in [6, 6.07) is 11.5. The van der Waals surface area contributed by atoms with Crippen molar-refractivity contribution in [3.05, 3.63) is 87.3 Å². The van der Waals surface area contributed by atoms with E-state index < -0.39 is 17.5 Å². The number of methoxy groups -OCH3 is 1. The predicted octanol–water partition coefficient (Wildman–Crippen LogP) is 4.72. The molecule has 3 aromatic rings. The van der Waals surface area contributed by atoms with Gasteiger partial charge in [-0.2, -0.15) is 0 Å². The minimum absolute atomic E-state index is 0.0796. The zero-order valence-electron chi connectivity index (χ0n) is 15.8. The molecular formula is C21H17ClF2N2O3S. The number of amides is 1. The van der Waals surface area contributed by atoms with Gasteiger partial charge in [-0.3, -0.25) is 9.59 Å². The molecule has 156 valence electrons. The number of ether oxygens (including phenoxy) is 1.